The highest BCUT2D eigenvalue weighted by atomic mass is 32.2. The van der Waals surface area contributed by atoms with Crippen LogP contribution in [-0.4, -0.2) is 43.1 Å². The van der Waals surface area contributed by atoms with Gasteiger partial charge < -0.3 is 15.4 Å². The number of carbonyl (C=O) groups excluding carboxylic acids is 2. The van der Waals surface area contributed by atoms with Gasteiger partial charge in [-0.25, -0.2) is 9.78 Å². The lowest BCUT2D eigenvalue weighted by Gasteiger charge is -2.23. The lowest BCUT2D eigenvalue weighted by atomic mass is 9.87. The van der Waals surface area contributed by atoms with E-state index >= 15 is 0 Å². The van der Waals surface area contributed by atoms with Gasteiger partial charge in [0.15, 0.2) is 0 Å². The number of anilines is 1. The Hall–Kier alpha value is -3.48. The second-order valence-electron chi connectivity index (χ2n) is 9.86. The number of amides is 2. The van der Waals surface area contributed by atoms with E-state index < -0.39 is 28.5 Å². The van der Waals surface area contributed by atoms with Crippen LogP contribution in [0.3, 0.4) is 0 Å². The zero-order chi connectivity index (χ0) is 28.5. The summed E-state index contributed by atoms with van der Waals surface area (Å²) >= 11 is 1.50. The highest BCUT2D eigenvalue weighted by Crippen LogP contribution is 2.34. The van der Waals surface area contributed by atoms with Crippen LogP contribution >= 0.6 is 11.3 Å². The lowest BCUT2D eigenvalue weighted by molar-refractivity contribution is -0.123. The number of aromatic nitrogens is 1. The van der Waals surface area contributed by atoms with Gasteiger partial charge in [-0.2, -0.15) is 8.42 Å². The van der Waals surface area contributed by atoms with Gasteiger partial charge in [0, 0.05) is 17.7 Å². The topological polar surface area (TPSA) is 147 Å². The number of nitrogens with zero attached hydrogens (tertiary/aromatic N) is 1. The second-order valence-corrected chi connectivity index (χ2v) is 11.9. The van der Waals surface area contributed by atoms with Crippen LogP contribution in [0.2, 0.25) is 0 Å². The van der Waals surface area contributed by atoms with Crippen molar-refractivity contribution in [3.8, 4) is 0 Å². The third-order valence-electron chi connectivity index (χ3n) is 6.89. The van der Waals surface area contributed by atoms with Gasteiger partial charge in [0.2, 0.25) is 5.91 Å². The molecule has 0 aliphatic heterocycles. The Morgan fingerprint density at radius 3 is 2.33 bits per heavy atom. The van der Waals surface area contributed by atoms with Crippen molar-refractivity contribution in [2.45, 2.75) is 62.9 Å². The lowest BCUT2D eigenvalue weighted by Crippen LogP contribution is -2.49. The Labute approximate surface area is 238 Å². The monoisotopic (exact) mass is 586 g/mol. The molecule has 2 atom stereocenters. The highest BCUT2D eigenvalue weighted by molar-refractivity contribution is 7.87. The summed E-state index contributed by atoms with van der Waals surface area (Å²) in [5.74, 6) is 0.0334. The average molecular weight is 587 g/mol. The van der Waals surface area contributed by atoms with E-state index in [0.717, 1.165) is 34.7 Å². The third-order valence-corrected chi connectivity index (χ3v) is 8.37. The first kappa shape index (κ1) is 29.5. The van der Waals surface area contributed by atoms with Gasteiger partial charge in [-0.05, 0) is 42.5 Å². The number of hydrogen-bond acceptors (Lipinski definition) is 7. The molecule has 4 N–H and O–H groups in total. The van der Waals surface area contributed by atoms with E-state index in [1.54, 1.807) is 12.1 Å². The molecule has 3 aromatic rings. The fourth-order valence-electron chi connectivity index (χ4n) is 4.87. The zero-order valence-corrected chi connectivity index (χ0v) is 23.8. The molecule has 1 aromatic heterocycles. The van der Waals surface area contributed by atoms with Gasteiger partial charge in [-0.15, -0.1) is 11.3 Å². The summed E-state index contributed by atoms with van der Waals surface area (Å²) in [5, 5.41) is 8.55. The van der Waals surface area contributed by atoms with Crippen molar-refractivity contribution in [1.82, 2.24) is 15.6 Å². The summed E-state index contributed by atoms with van der Waals surface area (Å²) in [7, 11) is -3.14. The fourth-order valence-corrected chi connectivity index (χ4v) is 6.26. The van der Waals surface area contributed by atoms with Crippen molar-refractivity contribution in [1.29, 1.82) is 0 Å². The summed E-state index contributed by atoms with van der Waals surface area (Å²) in [6.07, 6.45) is 5.76. The van der Waals surface area contributed by atoms with Gasteiger partial charge in [0.05, 0.1) is 24.5 Å². The molecule has 1 fully saturated rings. The van der Waals surface area contributed by atoms with E-state index in [1.807, 2.05) is 35.1 Å². The number of nitrogens with one attached hydrogen (secondary N) is 3. The minimum Gasteiger partial charge on any atom is -0.453 e. The summed E-state index contributed by atoms with van der Waals surface area (Å²) in [6, 6.07) is 14.5. The Morgan fingerprint density at radius 2 is 1.68 bits per heavy atom. The van der Waals surface area contributed by atoms with Crippen molar-refractivity contribution in [3.05, 3.63) is 81.8 Å². The number of thiazole rings is 1. The Morgan fingerprint density at radius 1 is 1.00 bits per heavy atom. The van der Waals surface area contributed by atoms with Crippen molar-refractivity contribution in [3.63, 3.8) is 0 Å². The van der Waals surface area contributed by atoms with Gasteiger partial charge in [0.25, 0.3) is 0 Å². The van der Waals surface area contributed by atoms with Crippen molar-refractivity contribution < 1.29 is 27.3 Å². The molecule has 2 aromatic carbocycles. The van der Waals surface area contributed by atoms with E-state index in [2.05, 4.69) is 16.0 Å². The van der Waals surface area contributed by atoms with Crippen LogP contribution in [-0.2, 0) is 32.7 Å². The molecule has 4 rings (SSSR count). The van der Waals surface area contributed by atoms with E-state index in [1.165, 1.54) is 49.8 Å². The highest BCUT2D eigenvalue weighted by Gasteiger charge is 2.27. The second kappa shape index (κ2) is 13.7. The van der Waals surface area contributed by atoms with E-state index in [0.29, 0.717) is 12.3 Å². The SMILES string of the molecule is COC(=O)N[C@@H](Cc1ccccc1)C(=O)N[C@@H](Cc1ccc(NS(=O)(=O)O)cc1)c1nc(C2CCCCC2)cs1. The van der Waals surface area contributed by atoms with Crippen molar-refractivity contribution >= 4 is 39.3 Å². The van der Waals surface area contributed by atoms with Crippen LogP contribution in [0.5, 0.6) is 0 Å². The predicted octanol–water partition coefficient (Wildman–Crippen LogP) is 4.77. The smallest absolute Gasteiger partial charge is 0.407 e. The van der Waals surface area contributed by atoms with Crippen LogP contribution in [0.1, 0.15) is 65.9 Å². The fraction of sp³-hybridized carbons (Fsp3) is 0.393. The molecule has 0 spiro atoms. The Bertz CT molecular complexity index is 1370. The van der Waals surface area contributed by atoms with Crippen LogP contribution in [0.15, 0.2) is 60.0 Å². The standard InChI is InChI=1S/C28H34N4O6S2/c1-38-28(34)31-23(16-19-8-4-2-5-9-19)26(33)29-24(17-20-12-14-22(15-13-20)32-40(35,36)37)27-30-25(18-39-27)21-10-6-3-7-11-21/h2,4-5,8-9,12-15,18,21,23-24,32H,3,6-7,10-11,16-17H2,1H3,(H,29,33)(H,31,34)(H,35,36,37)/t23-,24-/m0/s1. The van der Waals surface area contributed by atoms with Crippen LogP contribution in [0.25, 0.3) is 0 Å². The van der Waals surface area contributed by atoms with Crippen molar-refractivity contribution in [2.24, 2.45) is 0 Å². The summed E-state index contributed by atoms with van der Waals surface area (Å²) in [6.45, 7) is 0. The van der Waals surface area contributed by atoms with Crippen LogP contribution in [0, 0.1) is 0 Å². The van der Waals surface area contributed by atoms with E-state index in [9.17, 15) is 18.0 Å². The van der Waals surface area contributed by atoms with E-state index in [4.69, 9.17) is 14.3 Å². The van der Waals surface area contributed by atoms with Crippen LogP contribution < -0.4 is 15.4 Å². The minimum atomic E-state index is -4.39. The number of ether oxygens (including phenoxy) is 1. The van der Waals surface area contributed by atoms with Gasteiger partial charge in [-0.1, -0.05) is 61.7 Å². The predicted molar refractivity (Wildman–Crippen MR) is 154 cm³/mol. The largest absolute Gasteiger partial charge is 0.453 e. The average Bonchev–Trinajstić information content (AvgIpc) is 3.44. The number of methoxy groups -OCH3 is 1. The normalized spacial score (nSPS) is 15.6. The summed E-state index contributed by atoms with van der Waals surface area (Å²) in [4.78, 5) is 30.6. The Balaban J connectivity index is 1.57. The maximum Gasteiger partial charge on any atom is 0.407 e. The molecular weight excluding hydrogens is 552 g/mol. The van der Waals surface area contributed by atoms with E-state index in [-0.39, 0.29) is 18.0 Å². The molecule has 0 saturated heterocycles. The first-order valence-electron chi connectivity index (χ1n) is 13.2. The van der Waals surface area contributed by atoms with Crippen LogP contribution in [0.4, 0.5) is 10.5 Å². The third kappa shape index (κ3) is 8.77. The van der Waals surface area contributed by atoms with Crippen molar-refractivity contribution in [2.75, 3.05) is 11.8 Å². The molecule has 0 radical (unpaired) electrons. The first-order chi connectivity index (χ1) is 19.2. The minimum absolute atomic E-state index is 0.214. The number of alkyl carbamates (subject to hydrolysis) is 1. The quantitative estimate of drug-likeness (QED) is 0.237. The summed E-state index contributed by atoms with van der Waals surface area (Å²) in [5.41, 5.74) is 2.96. The maximum absolute atomic E-state index is 13.6. The maximum atomic E-state index is 13.6. The Kier molecular flexibility index (Phi) is 10.1. The molecule has 1 aliphatic rings. The molecule has 0 bridgehead atoms. The number of benzene rings is 2. The number of rotatable bonds is 11. The zero-order valence-electron chi connectivity index (χ0n) is 22.2. The first-order valence-corrected chi connectivity index (χ1v) is 15.5. The number of carbonyl (C=O) groups is 2. The molecule has 2 amide bonds. The molecule has 1 heterocycles. The molecular formula is C28H34N4O6S2. The van der Waals surface area contributed by atoms with Gasteiger partial charge in [0.1, 0.15) is 11.0 Å². The molecule has 1 aliphatic carbocycles. The number of hydrogen-bond donors (Lipinski definition) is 4. The molecule has 214 valence electrons. The molecule has 40 heavy (non-hydrogen) atoms. The molecule has 1 saturated carbocycles. The van der Waals surface area contributed by atoms with Gasteiger partial charge in [-0.3, -0.25) is 14.1 Å². The molecule has 10 nitrogen and oxygen atoms in total. The summed E-state index contributed by atoms with van der Waals surface area (Å²) < 4.78 is 38.1. The molecule has 12 heteroatoms. The van der Waals surface area contributed by atoms with Gasteiger partial charge >= 0.3 is 16.4 Å². The molecule has 0 unspecified atom stereocenters.